The van der Waals surface area contributed by atoms with Gasteiger partial charge in [0.15, 0.2) is 0 Å². The molecule has 28 heavy (non-hydrogen) atoms. The van der Waals surface area contributed by atoms with Crippen LogP contribution in [0.3, 0.4) is 0 Å². The average molecular weight is 385 g/mol. The number of rotatable bonds is 5. The maximum atomic E-state index is 10.7. The molecular formula is C22H27NO5. The number of nitriles is 1. The average Bonchev–Trinajstić information content (AvgIpc) is 3.53. The predicted molar refractivity (Wildman–Crippen MR) is 110 cm³/mol. The summed E-state index contributed by atoms with van der Waals surface area (Å²) >= 11 is 0. The van der Waals surface area contributed by atoms with Crippen molar-refractivity contribution in [2.24, 2.45) is 0 Å². The van der Waals surface area contributed by atoms with E-state index in [1.54, 1.807) is 6.07 Å². The predicted octanol–water partition coefficient (Wildman–Crippen LogP) is 4.22. The van der Waals surface area contributed by atoms with Crippen molar-refractivity contribution < 1.29 is 23.8 Å². The summed E-state index contributed by atoms with van der Waals surface area (Å²) in [4.78, 5) is 20.4. The standard InChI is InChI=1S/C8H8.C7H10O3.C4H6O2.C3H3N/c1-2-8-6-4-3-5-7-8;1-5(7(8)9-2)3-6-4-10-6;1-3-6-4(2)5;1-2-3-4/h2-7H,1H2;6H,1,3-4H2,2H3;3H,1H2,2H3;2H,1H2. The van der Waals surface area contributed by atoms with Gasteiger partial charge in [0.05, 0.1) is 32.2 Å². The van der Waals surface area contributed by atoms with Crippen molar-refractivity contribution in [3.05, 3.63) is 80.1 Å². The zero-order valence-corrected chi connectivity index (χ0v) is 16.4. The van der Waals surface area contributed by atoms with Crippen LogP contribution in [0.4, 0.5) is 0 Å². The minimum atomic E-state index is -0.337. The first-order valence-electron chi connectivity index (χ1n) is 8.19. The smallest absolute Gasteiger partial charge is 0.333 e. The number of allylic oxidation sites excluding steroid dienone is 1. The number of carbonyl (C=O) groups excluding carboxylic acids is 2. The summed E-state index contributed by atoms with van der Waals surface area (Å²) in [5.41, 5.74) is 1.66. The molecule has 0 aromatic heterocycles. The van der Waals surface area contributed by atoms with Crippen LogP contribution in [0.25, 0.3) is 6.08 Å². The molecule has 1 aromatic rings. The Morgan fingerprint density at radius 2 is 1.82 bits per heavy atom. The largest absolute Gasteiger partial charge is 0.466 e. The Kier molecular flexibility index (Phi) is 17.6. The summed E-state index contributed by atoms with van der Waals surface area (Å²) in [5.74, 6) is -0.666. The molecule has 1 atom stereocenters. The lowest BCUT2D eigenvalue weighted by Crippen LogP contribution is -2.05. The van der Waals surface area contributed by atoms with E-state index in [1.807, 2.05) is 36.4 Å². The molecule has 1 aliphatic heterocycles. The lowest BCUT2D eigenvalue weighted by atomic mass is 10.2. The highest BCUT2D eigenvalue weighted by molar-refractivity contribution is 5.87. The van der Waals surface area contributed by atoms with Crippen molar-refractivity contribution in [3.63, 3.8) is 0 Å². The van der Waals surface area contributed by atoms with Gasteiger partial charge >= 0.3 is 11.9 Å². The molecule has 0 aliphatic carbocycles. The lowest BCUT2D eigenvalue weighted by Gasteiger charge is -1.98. The summed E-state index contributed by atoms with van der Waals surface area (Å²) in [6.45, 7) is 15.5. The SMILES string of the molecule is C=C(CC1CO1)C(=O)OC.C=CC#N.C=COC(C)=O.C=Cc1ccccc1. The van der Waals surface area contributed by atoms with Gasteiger partial charge in [-0.25, -0.2) is 4.79 Å². The second-order valence-corrected chi connectivity index (χ2v) is 4.98. The van der Waals surface area contributed by atoms with Crippen LogP contribution in [-0.4, -0.2) is 31.8 Å². The van der Waals surface area contributed by atoms with Crippen molar-refractivity contribution in [1.29, 1.82) is 5.26 Å². The monoisotopic (exact) mass is 385 g/mol. The molecule has 0 N–H and O–H groups in total. The van der Waals surface area contributed by atoms with Crippen molar-refractivity contribution in [3.8, 4) is 6.07 Å². The molecule has 150 valence electrons. The van der Waals surface area contributed by atoms with Crippen LogP contribution in [0.15, 0.2) is 74.6 Å². The van der Waals surface area contributed by atoms with Gasteiger partial charge in [-0.1, -0.05) is 62.7 Å². The quantitative estimate of drug-likeness (QED) is 0.248. The zero-order chi connectivity index (χ0) is 21.8. The lowest BCUT2D eigenvalue weighted by molar-refractivity contribution is -0.136. The van der Waals surface area contributed by atoms with Gasteiger partial charge in [-0.15, -0.1) is 0 Å². The molecule has 0 saturated carbocycles. The second-order valence-electron chi connectivity index (χ2n) is 4.98. The van der Waals surface area contributed by atoms with Crippen LogP contribution >= 0.6 is 0 Å². The third-order valence-corrected chi connectivity index (χ3v) is 2.73. The van der Waals surface area contributed by atoms with Gasteiger partial charge in [-0.3, -0.25) is 4.79 Å². The number of benzene rings is 1. The first-order chi connectivity index (χ1) is 13.4. The van der Waals surface area contributed by atoms with Crippen LogP contribution in [0, 0.1) is 11.3 Å². The highest BCUT2D eigenvalue weighted by atomic mass is 16.6. The summed E-state index contributed by atoms with van der Waals surface area (Å²) in [7, 11) is 1.35. The number of methoxy groups -OCH3 is 1. The van der Waals surface area contributed by atoms with Gasteiger partial charge in [0.25, 0.3) is 0 Å². The number of ether oxygens (including phenoxy) is 3. The first kappa shape index (κ1) is 26.8. The van der Waals surface area contributed by atoms with Crippen LogP contribution in [0.2, 0.25) is 0 Å². The number of carbonyl (C=O) groups is 2. The third-order valence-electron chi connectivity index (χ3n) is 2.73. The van der Waals surface area contributed by atoms with E-state index in [4.69, 9.17) is 10.00 Å². The maximum absolute atomic E-state index is 10.7. The minimum absolute atomic E-state index is 0.214. The Labute approximate surface area is 167 Å². The molecule has 1 saturated heterocycles. The van der Waals surface area contributed by atoms with E-state index in [0.717, 1.165) is 12.9 Å². The van der Waals surface area contributed by atoms with E-state index >= 15 is 0 Å². The molecule has 0 spiro atoms. The normalized spacial score (nSPS) is 12.2. The van der Waals surface area contributed by atoms with Crippen LogP contribution in [0.1, 0.15) is 18.9 Å². The summed E-state index contributed by atoms with van der Waals surface area (Å²) in [6, 6.07) is 11.7. The highest BCUT2D eigenvalue weighted by Gasteiger charge is 2.25. The number of esters is 2. The van der Waals surface area contributed by atoms with Gasteiger partial charge in [0.1, 0.15) is 0 Å². The number of epoxide rings is 1. The second kappa shape index (κ2) is 18.4. The Morgan fingerprint density at radius 1 is 1.29 bits per heavy atom. The Bertz CT molecular complexity index is 670. The Morgan fingerprint density at radius 3 is 2.07 bits per heavy atom. The van der Waals surface area contributed by atoms with Gasteiger partial charge in [0.2, 0.25) is 0 Å². The van der Waals surface area contributed by atoms with Crippen LogP contribution in [0.5, 0.6) is 0 Å². The van der Waals surface area contributed by atoms with Crippen molar-refractivity contribution in [1.82, 2.24) is 0 Å². The molecule has 2 rings (SSSR count). The van der Waals surface area contributed by atoms with E-state index in [0.29, 0.717) is 12.0 Å². The molecule has 0 bridgehead atoms. The van der Waals surface area contributed by atoms with Crippen LogP contribution in [-0.2, 0) is 23.8 Å². The van der Waals surface area contributed by atoms with Crippen molar-refractivity contribution in [2.75, 3.05) is 13.7 Å². The molecule has 6 nitrogen and oxygen atoms in total. The van der Waals surface area contributed by atoms with E-state index in [2.05, 4.69) is 35.8 Å². The zero-order valence-electron chi connectivity index (χ0n) is 16.4. The van der Waals surface area contributed by atoms with Crippen LogP contribution < -0.4 is 0 Å². The fourth-order valence-corrected chi connectivity index (χ4v) is 1.39. The molecule has 6 heteroatoms. The molecule has 1 aromatic carbocycles. The molecule has 1 heterocycles. The molecule has 1 unspecified atom stereocenters. The molecule has 0 amide bonds. The first-order valence-corrected chi connectivity index (χ1v) is 8.19. The molecule has 1 aliphatic rings. The van der Waals surface area contributed by atoms with E-state index in [9.17, 15) is 9.59 Å². The molecule has 1 fully saturated rings. The highest BCUT2D eigenvalue weighted by Crippen LogP contribution is 2.18. The van der Waals surface area contributed by atoms with Gasteiger partial charge in [0, 0.05) is 25.0 Å². The third kappa shape index (κ3) is 18.9. The number of hydrogen-bond acceptors (Lipinski definition) is 6. The fraction of sp³-hybridized carbons (Fsp3) is 0.227. The van der Waals surface area contributed by atoms with E-state index < -0.39 is 0 Å². The Hall–Kier alpha value is -3.43. The van der Waals surface area contributed by atoms with Gasteiger partial charge in [-0.05, 0) is 5.56 Å². The summed E-state index contributed by atoms with van der Waals surface area (Å²) < 4.78 is 13.5. The van der Waals surface area contributed by atoms with Gasteiger partial charge < -0.3 is 14.2 Å². The maximum Gasteiger partial charge on any atom is 0.333 e. The minimum Gasteiger partial charge on any atom is -0.466 e. The molecule has 0 radical (unpaired) electrons. The van der Waals surface area contributed by atoms with Gasteiger partial charge in [-0.2, -0.15) is 5.26 Å². The fourth-order valence-electron chi connectivity index (χ4n) is 1.39. The summed E-state index contributed by atoms with van der Waals surface area (Å²) in [6.07, 6.45) is 4.93. The van der Waals surface area contributed by atoms with Crippen molar-refractivity contribution in [2.45, 2.75) is 19.4 Å². The Balaban J connectivity index is 0. The van der Waals surface area contributed by atoms with Crippen molar-refractivity contribution >= 4 is 18.0 Å². The topological polar surface area (TPSA) is 88.9 Å². The summed E-state index contributed by atoms with van der Waals surface area (Å²) in [5, 5.41) is 7.51. The molecular weight excluding hydrogens is 358 g/mol. The van der Waals surface area contributed by atoms with E-state index in [-0.39, 0.29) is 18.0 Å². The van der Waals surface area contributed by atoms with E-state index in [1.165, 1.54) is 25.7 Å². The number of nitrogens with zero attached hydrogens (tertiary/aromatic N) is 1. The number of hydrogen-bond donors (Lipinski definition) is 0.